The van der Waals surface area contributed by atoms with Crippen LogP contribution in [0.25, 0.3) is 0 Å². The van der Waals surface area contributed by atoms with E-state index in [0.717, 1.165) is 19.3 Å². The molecule has 0 aromatic rings. The monoisotopic (exact) mass is 261 g/mol. The van der Waals surface area contributed by atoms with Crippen molar-refractivity contribution < 1.29 is 13.7 Å². The van der Waals surface area contributed by atoms with Crippen LogP contribution in [-0.4, -0.2) is 27.1 Å². The number of rotatable bonds is 5. The third-order valence-corrected chi connectivity index (χ3v) is 4.41. The first-order chi connectivity index (χ1) is 7.84. The van der Waals surface area contributed by atoms with E-state index in [-0.39, 0.29) is 22.9 Å². The Morgan fingerprint density at radius 3 is 2.59 bits per heavy atom. The molecule has 1 N–H and O–H groups in total. The van der Waals surface area contributed by atoms with Crippen molar-refractivity contribution in [1.29, 1.82) is 0 Å². The Morgan fingerprint density at radius 1 is 1.53 bits per heavy atom. The normalized spacial score (nSPS) is 24.5. The average Bonchev–Trinajstić information content (AvgIpc) is 2.62. The second-order valence-corrected chi connectivity index (χ2v) is 7.46. The van der Waals surface area contributed by atoms with Crippen LogP contribution in [0.15, 0.2) is 0 Å². The molecule has 3 atom stereocenters. The van der Waals surface area contributed by atoms with Gasteiger partial charge in [0.25, 0.3) is 0 Å². The average molecular weight is 261 g/mol. The van der Waals surface area contributed by atoms with Crippen molar-refractivity contribution in [1.82, 2.24) is 4.72 Å². The molecule has 0 aromatic carbocycles. The Labute approximate surface area is 106 Å². The first-order valence-electron chi connectivity index (χ1n) is 6.22. The molecule has 1 aliphatic heterocycles. The van der Waals surface area contributed by atoms with Crippen LogP contribution in [0, 0.1) is 0 Å². The maximum absolute atomic E-state index is 12.0. The predicted molar refractivity (Wildman–Crippen MR) is 68.8 cm³/mol. The van der Waals surface area contributed by atoms with Crippen molar-refractivity contribution >= 4 is 17.0 Å². The molecule has 100 valence electrons. The van der Waals surface area contributed by atoms with Gasteiger partial charge in [0.15, 0.2) is 0 Å². The number of carbonyl (C=O) groups is 1. The molecule has 0 amide bonds. The fourth-order valence-electron chi connectivity index (χ4n) is 1.78. The molecular weight excluding hydrogens is 238 g/mol. The number of cyclic esters (lactones) is 1. The summed E-state index contributed by atoms with van der Waals surface area (Å²) in [5, 5.41) is 0. The van der Waals surface area contributed by atoms with Crippen LogP contribution in [-0.2, 0) is 20.5 Å². The fourth-order valence-corrected chi connectivity index (χ4v) is 2.67. The lowest BCUT2D eigenvalue weighted by Gasteiger charge is -2.27. The standard InChI is InChI=1S/C12H23NO3S/c1-5-6-9(10-7-8-11(14)16-10)13-17(15)12(2,3)4/h9-10,13H,5-8H2,1-4H3/t9-,10+,17?/m0/s1. The lowest BCUT2D eigenvalue weighted by atomic mass is 10.0. The third-order valence-electron chi connectivity index (χ3n) is 2.78. The van der Waals surface area contributed by atoms with E-state index in [1.54, 1.807) is 0 Å². The van der Waals surface area contributed by atoms with Crippen LogP contribution in [0.4, 0.5) is 0 Å². The number of hydrogen-bond acceptors (Lipinski definition) is 3. The maximum Gasteiger partial charge on any atom is 0.306 e. The second kappa shape index (κ2) is 5.96. The Balaban J connectivity index is 2.60. The molecule has 1 saturated heterocycles. The Morgan fingerprint density at radius 2 is 2.18 bits per heavy atom. The highest BCUT2D eigenvalue weighted by atomic mass is 32.2. The van der Waals surface area contributed by atoms with Crippen LogP contribution in [0.3, 0.4) is 0 Å². The van der Waals surface area contributed by atoms with Crippen molar-refractivity contribution in [3.05, 3.63) is 0 Å². The van der Waals surface area contributed by atoms with Crippen molar-refractivity contribution in [2.45, 2.75) is 70.3 Å². The first-order valence-corrected chi connectivity index (χ1v) is 7.37. The predicted octanol–water partition coefficient (Wildman–Crippen LogP) is 1.91. The molecule has 1 aliphatic rings. The smallest absolute Gasteiger partial charge is 0.306 e. The molecule has 1 heterocycles. The molecular formula is C12H23NO3S. The van der Waals surface area contributed by atoms with Crippen LogP contribution in [0.1, 0.15) is 53.4 Å². The number of ether oxygens (including phenoxy) is 1. The summed E-state index contributed by atoms with van der Waals surface area (Å²) in [5.74, 6) is -0.139. The topological polar surface area (TPSA) is 55.4 Å². The minimum Gasteiger partial charge on any atom is -0.461 e. The largest absolute Gasteiger partial charge is 0.461 e. The molecule has 4 nitrogen and oxygen atoms in total. The quantitative estimate of drug-likeness (QED) is 0.769. The molecule has 1 fully saturated rings. The van der Waals surface area contributed by atoms with Gasteiger partial charge in [0, 0.05) is 6.42 Å². The molecule has 17 heavy (non-hydrogen) atoms. The molecule has 0 spiro atoms. The van der Waals surface area contributed by atoms with Crippen LogP contribution >= 0.6 is 0 Å². The van der Waals surface area contributed by atoms with E-state index in [4.69, 9.17) is 4.74 Å². The number of hydrogen-bond donors (Lipinski definition) is 1. The van der Waals surface area contributed by atoms with Gasteiger partial charge in [-0.25, -0.2) is 8.93 Å². The van der Waals surface area contributed by atoms with E-state index in [1.807, 2.05) is 20.8 Å². The number of esters is 1. The van der Waals surface area contributed by atoms with Crippen molar-refractivity contribution in [3.63, 3.8) is 0 Å². The molecule has 1 rings (SSSR count). The zero-order valence-corrected chi connectivity index (χ0v) is 11.9. The summed E-state index contributed by atoms with van der Waals surface area (Å²) in [4.78, 5) is 11.1. The van der Waals surface area contributed by atoms with Crippen LogP contribution in [0.2, 0.25) is 0 Å². The van der Waals surface area contributed by atoms with E-state index in [9.17, 15) is 9.00 Å². The Kier molecular flexibility index (Phi) is 5.13. The van der Waals surface area contributed by atoms with Gasteiger partial charge >= 0.3 is 5.97 Å². The van der Waals surface area contributed by atoms with E-state index < -0.39 is 11.0 Å². The molecule has 5 heteroatoms. The van der Waals surface area contributed by atoms with Crippen molar-refractivity contribution in [2.24, 2.45) is 0 Å². The van der Waals surface area contributed by atoms with Crippen molar-refractivity contribution in [3.8, 4) is 0 Å². The molecule has 0 radical (unpaired) electrons. The van der Waals surface area contributed by atoms with Crippen molar-refractivity contribution in [2.75, 3.05) is 0 Å². The van der Waals surface area contributed by atoms with Gasteiger partial charge in [-0.05, 0) is 33.6 Å². The van der Waals surface area contributed by atoms with Gasteiger partial charge in [0.1, 0.15) is 6.10 Å². The molecule has 0 saturated carbocycles. The summed E-state index contributed by atoms with van der Waals surface area (Å²) < 4.78 is 20.1. The van der Waals surface area contributed by atoms with Gasteiger partial charge in [-0.1, -0.05) is 13.3 Å². The molecule has 0 aliphatic carbocycles. The Bertz CT molecular complexity index is 299. The zero-order valence-electron chi connectivity index (χ0n) is 11.1. The molecule has 0 bridgehead atoms. The molecule has 0 aromatic heterocycles. The summed E-state index contributed by atoms with van der Waals surface area (Å²) in [6, 6.07) is 0.00603. The summed E-state index contributed by atoms with van der Waals surface area (Å²) in [5.41, 5.74) is 0. The summed E-state index contributed by atoms with van der Waals surface area (Å²) >= 11 is 0. The highest BCUT2D eigenvalue weighted by molar-refractivity contribution is 7.84. The van der Waals surface area contributed by atoms with E-state index in [1.165, 1.54) is 0 Å². The highest BCUT2D eigenvalue weighted by Gasteiger charge is 2.33. The van der Waals surface area contributed by atoms with Crippen LogP contribution < -0.4 is 4.72 Å². The van der Waals surface area contributed by atoms with Crippen LogP contribution in [0.5, 0.6) is 0 Å². The van der Waals surface area contributed by atoms with E-state index in [2.05, 4.69) is 11.6 Å². The third kappa shape index (κ3) is 4.39. The fraction of sp³-hybridized carbons (Fsp3) is 0.917. The van der Waals surface area contributed by atoms with Gasteiger partial charge in [-0.3, -0.25) is 4.79 Å². The van der Waals surface area contributed by atoms with Gasteiger partial charge in [0.05, 0.1) is 21.8 Å². The van der Waals surface area contributed by atoms with Gasteiger partial charge in [0.2, 0.25) is 0 Å². The van der Waals surface area contributed by atoms with Gasteiger partial charge in [-0.15, -0.1) is 0 Å². The highest BCUT2D eigenvalue weighted by Crippen LogP contribution is 2.21. The summed E-state index contributed by atoms with van der Waals surface area (Å²) in [6.07, 6.45) is 2.95. The lowest BCUT2D eigenvalue weighted by Crippen LogP contribution is -2.45. The summed E-state index contributed by atoms with van der Waals surface area (Å²) in [6.45, 7) is 7.87. The van der Waals surface area contributed by atoms with Gasteiger partial charge in [-0.2, -0.15) is 0 Å². The molecule has 1 unspecified atom stereocenters. The van der Waals surface area contributed by atoms with E-state index in [0.29, 0.717) is 6.42 Å². The lowest BCUT2D eigenvalue weighted by molar-refractivity contribution is -0.142. The SMILES string of the molecule is CCC[C@H](NS(=O)C(C)(C)C)[C@H]1CCC(=O)O1. The number of carbonyl (C=O) groups excluding carboxylic acids is 1. The minimum atomic E-state index is -1.12. The minimum absolute atomic E-state index is 0.00603. The van der Waals surface area contributed by atoms with E-state index >= 15 is 0 Å². The van der Waals surface area contributed by atoms with Gasteiger partial charge < -0.3 is 4.74 Å². The Hall–Kier alpha value is -0.420. The zero-order chi connectivity index (χ0) is 13.1. The summed E-state index contributed by atoms with van der Waals surface area (Å²) in [7, 11) is -1.12. The maximum atomic E-state index is 12.0. The first kappa shape index (κ1) is 14.6. The second-order valence-electron chi connectivity index (χ2n) is 5.46. The number of nitrogens with one attached hydrogen (secondary N) is 1.